The highest BCUT2D eigenvalue weighted by molar-refractivity contribution is 5.84. The van der Waals surface area contributed by atoms with Crippen LogP contribution in [0.15, 0.2) is 65.5 Å². The fourth-order valence-corrected chi connectivity index (χ4v) is 3.30. The van der Waals surface area contributed by atoms with Gasteiger partial charge < -0.3 is 19.5 Å². The molecule has 196 valence electrons. The van der Waals surface area contributed by atoms with Gasteiger partial charge in [0.05, 0.1) is 25.4 Å². The summed E-state index contributed by atoms with van der Waals surface area (Å²) in [4.78, 5) is 35.9. The second-order valence-electron chi connectivity index (χ2n) is 9.07. The lowest BCUT2D eigenvalue weighted by atomic mass is 10.1. The van der Waals surface area contributed by atoms with Gasteiger partial charge in [-0.1, -0.05) is 24.3 Å². The number of amides is 2. The lowest BCUT2D eigenvalue weighted by Gasteiger charge is -2.19. The van der Waals surface area contributed by atoms with Crippen LogP contribution in [-0.2, 0) is 16.0 Å². The van der Waals surface area contributed by atoms with Crippen LogP contribution in [0.5, 0.6) is 5.75 Å². The van der Waals surface area contributed by atoms with Crippen molar-refractivity contribution in [1.82, 2.24) is 15.1 Å². The number of alkyl carbamates (subject to hydrolysis) is 1. The molecule has 0 atom stereocenters. The topological polar surface area (TPSA) is 121 Å². The zero-order valence-corrected chi connectivity index (χ0v) is 21.4. The van der Waals surface area contributed by atoms with Crippen LogP contribution in [0.25, 0.3) is 11.3 Å². The number of anilines is 1. The second-order valence-corrected chi connectivity index (χ2v) is 9.07. The van der Waals surface area contributed by atoms with Crippen LogP contribution in [0.1, 0.15) is 33.3 Å². The summed E-state index contributed by atoms with van der Waals surface area (Å²) in [5.74, 6) is 0.598. The van der Waals surface area contributed by atoms with Gasteiger partial charge in [0.25, 0.3) is 5.56 Å². The molecule has 0 aliphatic rings. The minimum absolute atomic E-state index is 0.220. The molecule has 0 radical (unpaired) electrons. The SMILES string of the molecule is CCOC(=O)Nc1cccc(Cn2nc(-c3cccc(OCCNC(=O)OC(C)(C)C)c3)ccc2=O)c1. The van der Waals surface area contributed by atoms with Crippen LogP contribution in [0.3, 0.4) is 0 Å². The van der Waals surface area contributed by atoms with Crippen LogP contribution >= 0.6 is 0 Å². The molecule has 0 unspecified atom stereocenters. The van der Waals surface area contributed by atoms with Gasteiger partial charge in [-0.2, -0.15) is 5.10 Å². The zero-order chi connectivity index (χ0) is 26.8. The molecule has 0 fully saturated rings. The summed E-state index contributed by atoms with van der Waals surface area (Å²) in [6, 6.07) is 17.5. The molecule has 0 spiro atoms. The van der Waals surface area contributed by atoms with E-state index in [1.54, 1.807) is 58.0 Å². The maximum absolute atomic E-state index is 12.5. The first-order chi connectivity index (χ1) is 17.6. The van der Waals surface area contributed by atoms with Crippen molar-refractivity contribution in [3.05, 3.63) is 76.6 Å². The van der Waals surface area contributed by atoms with Crippen molar-refractivity contribution in [2.45, 2.75) is 39.8 Å². The average Bonchev–Trinajstić information content (AvgIpc) is 2.83. The van der Waals surface area contributed by atoms with Gasteiger partial charge in [-0.05, 0) is 63.6 Å². The molecular weight excluding hydrogens is 476 g/mol. The van der Waals surface area contributed by atoms with Crippen molar-refractivity contribution in [1.29, 1.82) is 0 Å². The predicted molar refractivity (Wildman–Crippen MR) is 140 cm³/mol. The normalized spacial score (nSPS) is 10.9. The van der Waals surface area contributed by atoms with Crippen molar-refractivity contribution in [2.24, 2.45) is 0 Å². The summed E-state index contributed by atoms with van der Waals surface area (Å²) in [7, 11) is 0. The molecule has 10 nitrogen and oxygen atoms in total. The van der Waals surface area contributed by atoms with E-state index >= 15 is 0 Å². The lowest BCUT2D eigenvalue weighted by molar-refractivity contribution is 0.0520. The number of nitrogens with zero attached hydrogens (tertiary/aromatic N) is 2. The monoisotopic (exact) mass is 508 g/mol. The van der Waals surface area contributed by atoms with Crippen LogP contribution in [0.4, 0.5) is 15.3 Å². The Labute approximate surface area is 215 Å². The molecule has 1 heterocycles. The van der Waals surface area contributed by atoms with Gasteiger partial charge in [-0.15, -0.1) is 0 Å². The maximum Gasteiger partial charge on any atom is 0.411 e. The highest BCUT2D eigenvalue weighted by Gasteiger charge is 2.15. The molecule has 37 heavy (non-hydrogen) atoms. The fraction of sp³-hybridized carbons (Fsp3) is 0.333. The third kappa shape index (κ3) is 8.99. The molecule has 2 N–H and O–H groups in total. The Kier molecular flexibility index (Phi) is 9.26. The molecule has 1 aromatic heterocycles. The summed E-state index contributed by atoms with van der Waals surface area (Å²) in [5, 5.41) is 9.81. The fourth-order valence-electron chi connectivity index (χ4n) is 3.30. The first kappa shape index (κ1) is 27.3. The molecule has 2 aromatic carbocycles. The van der Waals surface area contributed by atoms with E-state index in [-0.39, 0.29) is 31.9 Å². The van der Waals surface area contributed by atoms with Crippen LogP contribution in [0, 0.1) is 0 Å². The van der Waals surface area contributed by atoms with E-state index in [1.165, 1.54) is 10.7 Å². The highest BCUT2D eigenvalue weighted by atomic mass is 16.6. The molecule has 3 aromatic rings. The van der Waals surface area contributed by atoms with Crippen LogP contribution in [-0.4, -0.2) is 47.3 Å². The van der Waals surface area contributed by atoms with E-state index in [0.29, 0.717) is 17.1 Å². The second kappa shape index (κ2) is 12.6. The highest BCUT2D eigenvalue weighted by Crippen LogP contribution is 2.22. The zero-order valence-electron chi connectivity index (χ0n) is 21.4. The molecule has 0 aliphatic heterocycles. The van der Waals surface area contributed by atoms with E-state index in [4.69, 9.17) is 14.2 Å². The molecule has 2 amide bonds. The van der Waals surface area contributed by atoms with E-state index in [9.17, 15) is 14.4 Å². The first-order valence-electron chi connectivity index (χ1n) is 11.9. The number of rotatable bonds is 9. The standard InChI is InChI=1S/C27H32N4O6/c1-5-35-26(34)29-21-10-6-8-19(16-21)18-31-24(32)13-12-23(30-31)20-9-7-11-22(17-20)36-15-14-28-25(33)37-27(2,3)4/h6-13,16-17H,5,14-15,18H2,1-4H3,(H,28,33)(H,29,34). The van der Waals surface area contributed by atoms with E-state index in [1.807, 2.05) is 24.3 Å². The smallest absolute Gasteiger partial charge is 0.411 e. The summed E-state index contributed by atoms with van der Waals surface area (Å²) in [5.41, 5.74) is 1.89. The van der Waals surface area contributed by atoms with Gasteiger partial charge >= 0.3 is 12.2 Å². The summed E-state index contributed by atoms with van der Waals surface area (Å²) in [6.07, 6.45) is -1.04. The number of benzene rings is 2. The summed E-state index contributed by atoms with van der Waals surface area (Å²) >= 11 is 0. The third-order valence-corrected chi connectivity index (χ3v) is 4.82. The number of aromatic nitrogens is 2. The predicted octanol–water partition coefficient (Wildman–Crippen LogP) is 4.43. The molecule has 0 saturated carbocycles. The van der Waals surface area contributed by atoms with E-state index < -0.39 is 17.8 Å². The van der Waals surface area contributed by atoms with Gasteiger partial charge in [0, 0.05) is 17.3 Å². The molecule has 10 heteroatoms. The van der Waals surface area contributed by atoms with Crippen molar-refractivity contribution in [3.8, 4) is 17.0 Å². The molecule has 3 rings (SSSR count). The summed E-state index contributed by atoms with van der Waals surface area (Å²) < 4.78 is 17.2. The Hall–Kier alpha value is -4.34. The quantitative estimate of drug-likeness (QED) is 0.410. The summed E-state index contributed by atoms with van der Waals surface area (Å²) in [6.45, 7) is 8.15. The van der Waals surface area contributed by atoms with Crippen LogP contribution in [0.2, 0.25) is 0 Å². The van der Waals surface area contributed by atoms with E-state index in [2.05, 4.69) is 15.7 Å². The van der Waals surface area contributed by atoms with Gasteiger partial charge in [-0.25, -0.2) is 14.3 Å². The van der Waals surface area contributed by atoms with Gasteiger partial charge in [0.1, 0.15) is 18.0 Å². The van der Waals surface area contributed by atoms with Gasteiger partial charge in [-0.3, -0.25) is 10.1 Å². The number of hydrogen-bond acceptors (Lipinski definition) is 7. The van der Waals surface area contributed by atoms with Gasteiger partial charge in [0.15, 0.2) is 0 Å². The Morgan fingerprint density at radius 1 is 1.00 bits per heavy atom. The van der Waals surface area contributed by atoms with Crippen molar-refractivity contribution in [2.75, 3.05) is 25.1 Å². The van der Waals surface area contributed by atoms with Crippen molar-refractivity contribution < 1.29 is 23.8 Å². The number of carbonyl (C=O) groups excluding carboxylic acids is 2. The number of hydrogen-bond donors (Lipinski definition) is 2. The Morgan fingerprint density at radius 2 is 1.78 bits per heavy atom. The molecule has 0 saturated heterocycles. The van der Waals surface area contributed by atoms with Gasteiger partial charge in [0.2, 0.25) is 0 Å². The molecule has 0 bridgehead atoms. The molecule has 0 aliphatic carbocycles. The Bertz CT molecular complexity index is 1280. The molecular formula is C27H32N4O6. The van der Waals surface area contributed by atoms with Crippen molar-refractivity contribution in [3.63, 3.8) is 0 Å². The largest absolute Gasteiger partial charge is 0.492 e. The number of carbonyl (C=O) groups is 2. The minimum Gasteiger partial charge on any atom is -0.492 e. The van der Waals surface area contributed by atoms with E-state index in [0.717, 1.165) is 11.1 Å². The number of ether oxygens (including phenoxy) is 3. The Balaban J connectivity index is 1.65. The Morgan fingerprint density at radius 3 is 2.54 bits per heavy atom. The average molecular weight is 509 g/mol. The third-order valence-electron chi connectivity index (χ3n) is 4.82. The van der Waals surface area contributed by atoms with Crippen LogP contribution < -0.4 is 20.9 Å². The maximum atomic E-state index is 12.5. The minimum atomic E-state index is -0.564. The number of nitrogens with one attached hydrogen (secondary N) is 2. The van der Waals surface area contributed by atoms with Crippen molar-refractivity contribution >= 4 is 17.9 Å². The lowest BCUT2D eigenvalue weighted by Crippen LogP contribution is -2.34. The first-order valence-corrected chi connectivity index (χ1v) is 11.9.